The van der Waals surface area contributed by atoms with E-state index in [9.17, 15) is 18.3 Å². The van der Waals surface area contributed by atoms with Crippen LogP contribution >= 0.6 is 23.2 Å². The molecule has 0 radical (unpaired) electrons. The van der Waals surface area contributed by atoms with Crippen molar-refractivity contribution in [3.8, 4) is 0 Å². The SMILES string of the molecule is Cc1c(N(CC(=O)O)S(=O)(=O)c2cc(Cl)cc(Cl)c2)ccc2[nH]ccc12. The van der Waals surface area contributed by atoms with E-state index in [0.29, 0.717) is 5.56 Å². The van der Waals surface area contributed by atoms with E-state index >= 15 is 0 Å². The van der Waals surface area contributed by atoms with Gasteiger partial charge in [-0.3, -0.25) is 9.10 Å². The number of hydrogen-bond acceptors (Lipinski definition) is 3. The molecule has 0 spiro atoms. The molecule has 0 aliphatic heterocycles. The fourth-order valence-corrected chi connectivity index (χ4v) is 4.97. The molecule has 0 saturated heterocycles. The number of carbonyl (C=O) groups is 1. The van der Waals surface area contributed by atoms with Crippen molar-refractivity contribution in [1.29, 1.82) is 0 Å². The summed E-state index contributed by atoms with van der Waals surface area (Å²) in [6, 6.07) is 8.95. The molecular weight excluding hydrogens is 399 g/mol. The molecule has 0 amide bonds. The maximum Gasteiger partial charge on any atom is 0.324 e. The van der Waals surface area contributed by atoms with Crippen molar-refractivity contribution in [2.24, 2.45) is 0 Å². The maximum atomic E-state index is 13.1. The lowest BCUT2D eigenvalue weighted by molar-refractivity contribution is -0.135. The second-order valence-electron chi connectivity index (χ2n) is 5.66. The lowest BCUT2D eigenvalue weighted by atomic mass is 10.1. The Balaban J connectivity index is 2.21. The summed E-state index contributed by atoms with van der Waals surface area (Å²) in [5.74, 6) is -1.28. The highest BCUT2D eigenvalue weighted by Crippen LogP contribution is 2.33. The monoisotopic (exact) mass is 412 g/mol. The quantitative estimate of drug-likeness (QED) is 0.660. The van der Waals surface area contributed by atoms with E-state index in [-0.39, 0.29) is 20.6 Å². The fourth-order valence-electron chi connectivity index (χ4n) is 2.77. The molecule has 3 rings (SSSR count). The molecule has 9 heteroatoms. The molecule has 0 aliphatic rings. The van der Waals surface area contributed by atoms with E-state index in [1.807, 2.05) is 0 Å². The van der Waals surface area contributed by atoms with Crippen molar-refractivity contribution in [2.75, 3.05) is 10.8 Å². The molecule has 0 atom stereocenters. The third kappa shape index (κ3) is 3.38. The predicted octanol–water partition coefficient (Wildman–Crippen LogP) is 4.06. The average molecular weight is 413 g/mol. The summed E-state index contributed by atoms with van der Waals surface area (Å²) in [6.07, 6.45) is 1.73. The van der Waals surface area contributed by atoms with Crippen LogP contribution in [0.3, 0.4) is 0 Å². The van der Waals surface area contributed by atoms with Gasteiger partial charge in [-0.05, 0) is 48.9 Å². The highest BCUT2D eigenvalue weighted by Gasteiger charge is 2.29. The van der Waals surface area contributed by atoms with Gasteiger partial charge in [0.2, 0.25) is 0 Å². The van der Waals surface area contributed by atoms with E-state index in [2.05, 4.69) is 4.98 Å². The topological polar surface area (TPSA) is 90.5 Å². The number of benzene rings is 2. The first-order valence-electron chi connectivity index (χ1n) is 7.47. The molecule has 0 aliphatic carbocycles. The number of aryl methyl sites for hydroxylation is 1. The molecule has 1 heterocycles. The van der Waals surface area contributed by atoms with Crippen LogP contribution in [0.5, 0.6) is 0 Å². The Labute approximate surface area is 160 Å². The number of carboxylic acids is 1. The minimum Gasteiger partial charge on any atom is -0.480 e. The third-order valence-corrected chi connectivity index (χ3v) is 6.12. The largest absolute Gasteiger partial charge is 0.480 e. The summed E-state index contributed by atoms with van der Waals surface area (Å²) in [4.78, 5) is 14.2. The van der Waals surface area contributed by atoms with Gasteiger partial charge in [0.25, 0.3) is 10.0 Å². The zero-order valence-corrected chi connectivity index (χ0v) is 15.9. The maximum absolute atomic E-state index is 13.1. The molecule has 26 heavy (non-hydrogen) atoms. The minimum absolute atomic E-state index is 0.143. The molecule has 2 N–H and O–H groups in total. The number of aliphatic carboxylic acids is 1. The van der Waals surface area contributed by atoms with Crippen molar-refractivity contribution >= 4 is 55.8 Å². The predicted molar refractivity (Wildman–Crippen MR) is 102 cm³/mol. The van der Waals surface area contributed by atoms with Crippen molar-refractivity contribution in [3.05, 3.63) is 58.2 Å². The van der Waals surface area contributed by atoms with Gasteiger partial charge >= 0.3 is 5.97 Å². The first-order chi connectivity index (χ1) is 12.2. The summed E-state index contributed by atoms with van der Waals surface area (Å²) in [5, 5.41) is 10.4. The van der Waals surface area contributed by atoms with Crippen LogP contribution in [0.1, 0.15) is 5.56 Å². The first kappa shape index (κ1) is 18.6. The number of halogens is 2. The van der Waals surface area contributed by atoms with Crippen LogP contribution in [0.25, 0.3) is 10.9 Å². The number of aromatic amines is 1. The van der Waals surface area contributed by atoms with Gasteiger partial charge in [0.15, 0.2) is 0 Å². The van der Waals surface area contributed by atoms with Crippen LogP contribution in [0.15, 0.2) is 47.5 Å². The molecule has 1 aromatic heterocycles. The van der Waals surface area contributed by atoms with Gasteiger partial charge in [0.05, 0.1) is 10.6 Å². The number of nitrogens with zero attached hydrogens (tertiary/aromatic N) is 1. The number of carboxylic acid groups (broad SMARTS) is 1. The number of H-pyrrole nitrogens is 1. The average Bonchev–Trinajstić information content (AvgIpc) is 3.02. The summed E-state index contributed by atoms with van der Waals surface area (Å²) < 4.78 is 27.1. The first-order valence-corrected chi connectivity index (χ1v) is 9.67. The summed E-state index contributed by atoms with van der Waals surface area (Å²) >= 11 is 11.8. The Morgan fingerprint density at radius 1 is 1.15 bits per heavy atom. The molecule has 136 valence electrons. The van der Waals surface area contributed by atoms with Gasteiger partial charge in [-0.25, -0.2) is 8.42 Å². The smallest absolute Gasteiger partial charge is 0.324 e. The molecule has 0 unspecified atom stereocenters. The van der Waals surface area contributed by atoms with Crippen molar-refractivity contribution in [3.63, 3.8) is 0 Å². The van der Waals surface area contributed by atoms with Gasteiger partial charge in [-0.2, -0.15) is 0 Å². The lowest BCUT2D eigenvalue weighted by Gasteiger charge is -2.25. The van der Waals surface area contributed by atoms with Crippen LogP contribution in [-0.4, -0.2) is 31.0 Å². The van der Waals surface area contributed by atoms with E-state index < -0.39 is 22.5 Å². The number of fused-ring (bicyclic) bond motifs is 1. The summed E-state index contributed by atoms with van der Waals surface area (Å²) in [6.45, 7) is 1.00. The second-order valence-corrected chi connectivity index (χ2v) is 8.39. The number of aromatic nitrogens is 1. The number of sulfonamides is 1. The fraction of sp³-hybridized carbons (Fsp3) is 0.118. The summed E-state index contributed by atoms with van der Waals surface area (Å²) in [7, 11) is -4.20. The standard InChI is InChI=1S/C17H14Cl2N2O4S/c1-10-14-4-5-20-15(14)2-3-16(10)21(9-17(22)23)26(24,25)13-7-11(18)6-12(19)8-13/h2-8,20H,9H2,1H3,(H,22,23). The van der Waals surface area contributed by atoms with Crippen LogP contribution in [0, 0.1) is 6.92 Å². The Morgan fingerprint density at radius 2 is 1.81 bits per heavy atom. The van der Waals surface area contributed by atoms with Crippen molar-refractivity contribution < 1.29 is 18.3 Å². The summed E-state index contributed by atoms with van der Waals surface area (Å²) in [5.41, 5.74) is 1.74. The van der Waals surface area contributed by atoms with E-state index in [1.54, 1.807) is 31.3 Å². The van der Waals surface area contributed by atoms with Gasteiger partial charge in [-0.15, -0.1) is 0 Å². The van der Waals surface area contributed by atoms with Crippen LogP contribution in [-0.2, 0) is 14.8 Å². The second kappa shape index (κ2) is 6.83. The highest BCUT2D eigenvalue weighted by molar-refractivity contribution is 7.92. The Kier molecular flexibility index (Phi) is 4.88. The number of anilines is 1. The van der Waals surface area contributed by atoms with E-state index in [1.165, 1.54) is 18.2 Å². The third-order valence-electron chi connectivity index (χ3n) is 3.95. The number of hydrogen-bond donors (Lipinski definition) is 2. The van der Waals surface area contributed by atoms with Gasteiger partial charge in [-0.1, -0.05) is 23.2 Å². The Morgan fingerprint density at radius 3 is 2.42 bits per heavy atom. The molecule has 0 fully saturated rings. The number of rotatable bonds is 5. The van der Waals surface area contributed by atoms with Crippen LogP contribution in [0.2, 0.25) is 10.0 Å². The zero-order valence-electron chi connectivity index (χ0n) is 13.5. The van der Waals surface area contributed by atoms with Crippen molar-refractivity contribution in [2.45, 2.75) is 11.8 Å². The van der Waals surface area contributed by atoms with Crippen molar-refractivity contribution in [1.82, 2.24) is 4.98 Å². The molecular formula is C17H14Cl2N2O4S. The normalized spacial score (nSPS) is 11.7. The van der Waals surface area contributed by atoms with Gasteiger partial charge < -0.3 is 10.1 Å². The van der Waals surface area contributed by atoms with Gasteiger partial charge in [0, 0.05) is 27.1 Å². The Hall–Kier alpha value is -2.22. The zero-order chi connectivity index (χ0) is 19.1. The van der Waals surface area contributed by atoms with Crippen LogP contribution in [0.4, 0.5) is 5.69 Å². The van der Waals surface area contributed by atoms with E-state index in [0.717, 1.165) is 15.2 Å². The van der Waals surface area contributed by atoms with E-state index in [4.69, 9.17) is 23.2 Å². The van der Waals surface area contributed by atoms with Crippen LogP contribution < -0.4 is 4.31 Å². The minimum atomic E-state index is -4.20. The molecule has 3 aromatic rings. The molecule has 0 saturated carbocycles. The molecule has 2 aromatic carbocycles. The molecule has 6 nitrogen and oxygen atoms in total. The molecule has 0 bridgehead atoms. The lowest BCUT2D eigenvalue weighted by Crippen LogP contribution is -2.36. The van der Waals surface area contributed by atoms with Gasteiger partial charge in [0.1, 0.15) is 6.54 Å². The number of nitrogens with one attached hydrogen (secondary N) is 1. The highest BCUT2D eigenvalue weighted by atomic mass is 35.5. The Bertz CT molecular complexity index is 1090.